The maximum absolute atomic E-state index is 11.7. The Bertz CT molecular complexity index is 390. The summed E-state index contributed by atoms with van der Waals surface area (Å²) in [5.41, 5.74) is 3.51. The lowest BCUT2D eigenvalue weighted by molar-refractivity contribution is -0.120. The molecule has 0 aliphatic carbocycles. The van der Waals surface area contributed by atoms with Crippen molar-refractivity contribution in [2.75, 3.05) is 0 Å². The van der Waals surface area contributed by atoms with Crippen molar-refractivity contribution in [2.24, 2.45) is 5.10 Å². The van der Waals surface area contributed by atoms with Crippen LogP contribution in [-0.2, 0) is 4.79 Å². The molecule has 0 unspecified atom stereocenters. The van der Waals surface area contributed by atoms with E-state index in [-0.39, 0.29) is 11.2 Å². The third kappa shape index (κ3) is 5.04. The summed E-state index contributed by atoms with van der Waals surface area (Å²) in [6.45, 7) is 5.78. The van der Waals surface area contributed by atoms with Crippen LogP contribution in [0.5, 0.6) is 0 Å². The van der Waals surface area contributed by atoms with E-state index in [0.29, 0.717) is 0 Å². The predicted octanol–water partition coefficient (Wildman–Crippen LogP) is 3.07. The maximum atomic E-state index is 11.7. The van der Waals surface area contributed by atoms with Crippen LogP contribution in [0.2, 0.25) is 0 Å². The molecule has 0 aliphatic heterocycles. The Morgan fingerprint density at radius 2 is 2.06 bits per heavy atom. The van der Waals surface area contributed by atoms with E-state index >= 15 is 0 Å². The number of thioether (sulfide) groups is 1. The molecule has 1 atom stereocenters. The molecule has 0 saturated carbocycles. The van der Waals surface area contributed by atoms with Gasteiger partial charge in [0, 0.05) is 10.6 Å². The average Bonchev–Trinajstić information content (AvgIpc) is 2.36. The van der Waals surface area contributed by atoms with E-state index in [0.717, 1.165) is 17.0 Å². The second-order valence-electron chi connectivity index (χ2n) is 3.75. The molecule has 17 heavy (non-hydrogen) atoms. The van der Waals surface area contributed by atoms with Crippen molar-refractivity contribution in [3.63, 3.8) is 0 Å². The molecule has 0 heterocycles. The molecule has 0 saturated heterocycles. The summed E-state index contributed by atoms with van der Waals surface area (Å²) < 4.78 is 0. The van der Waals surface area contributed by atoms with Crippen molar-refractivity contribution in [1.82, 2.24) is 5.43 Å². The molecule has 1 aromatic carbocycles. The predicted molar refractivity (Wildman–Crippen MR) is 73.3 cm³/mol. The van der Waals surface area contributed by atoms with E-state index < -0.39 is 0 Å². The Balaban J connectivity index is 2.48. The van der Waals surface area contributed by atoms with Crippen LogP contribution >= 0.6 is 11.8 Å². The summed E-state index contributed by atoms with van der Waals surface area (Å²) in [5, 5.41) is 3.86. The second-order valence-corrected chi connectivity index (χ2v) is 5.16. The van der Waals surface area contributed by atoms with Gasteiger partial charge in [-0.15, -0.1) is 11.8 Å². The van der Waals surface area contributed by atoms with E-state index in [1.165, 1.54) is 11.8 Å². The number of benzene rings is 1. The van der Waals surface area contributed by atoms with Crippen LogP contribution in [-0.4, -0.2) is 16.9 Å². The van der Waals surface area contributed by atoms with Gasteiger partial charge in [-0.1, -0.05) is 25.1 Å². The van der Waals surface area contributed by atoms with Gasteiger partial charge in [-0.2, -0.15) is 5.10 Å². The molecule has 1 aromatic rings. The Kier molecular flexibility index (Phi) is 5.77. The molecular weight excluding hydrogens is 232 g/mol. The number of nitrogens with zero attached hydrogens (tertiary/aromatic N) is 1. The zero-order chi connectivity index (χ0) is 12.7. The van der Waals surface area contributed by atoms with Crippen molar-refractivity contribution in [2.45, 2.75) is 37.3 Å². The Morgan fingerprint density at radius 3 is 2.65 bits per heavy atom. The Labute approximate surface area is 107 Å². The van der Waals surface area contributed by atoms with Gasteiger partial charge in [0.2, 0.25) is 0 Å². The molecule has 0 aromatic heterocycles. The Morgan fingerprint density at radius 1 is 1.41 bits per heavy atom. The lowest BCUT2D eigenvalue weighted by atomic mass is 10.3. The normalized spacial score (nSPS) is 13.2. The number of amides is 1. The van der Waals surface area contributed by atoms with Crippen molar-refractivity contribution in [1.29, 1.82) is 0 Å². The first-order valence-corrected chi connectivity index (χ1v) is 6.56. The van der Waals surface area contributed by atoms with E-state index in [9.17, 15) is 4.79 Å². The number of hydrazone groups is 1. The first-order chi connectivity index (χ1) is 8.13. The summed E-state index contributed by atoms with van der Waals surface area (Å²) in [6.07, 6.45) is 0.848. The van der Waals surface area contributed by atoms with E-state index in [1.807, 2.05) is 51.1 Å². The largest absolute Gasteiger partial charge is 0.272 e. The number of hydrogen-bond donors (Lipinski definition) is 1. The molecule has 1 amide bonds. The molecule has 0 spiro atoms. The molecule has 1 rings (SSSR count). The zero-order valence-corrected chi connectivity index (χ0v) is 11.3. The molecule has 1 N–H and O–H groups in total. The number of carbonyl (C=O) groups excluding carboxylic acids is 1. The van der Waals surface area contributed by atoms with Crippen molar-refractivity contribution in [3.8, 4) is 0 Å². The van der Waals surface area contributed by atoms with Gasteiger partial charge in [-0.3, -0.25) is 4.79 Å². The van der Waals surface area contributed by atoms with Crippen molar-refractivity contribution >= 4 is 23.4 Å². The molecule has 4 heteroatoms. The monoisotopic (exact) mass is 250 g/mol. The molecule has 0 bridgehead atoms. The molecule has 3 nitrogen and oxygen atoms in total. The van der Waals surface area contributed by atoms with Crippen molar-refractivity contribution < 1.29 is 4.79 Å². The fraction of sp³-hybridized carbons (Fsp3) is 0.385. The Hall–Kier alpha value is -1.29. The van der Waals surface area contributed by atoms with Crippen LogP contribution in [0.4, 0.5) is 0 Å². The van der Waals surface area contributed by atoms with Crippen molar-refractivity contribution in [3.05, 3.63) is 30.3 Å². The first-order valence-electron chi connectivity index (χ1n) is 5.68. The van der Waals surface area contributed by atoms with Gasteiger partial charge in [0.05, 0.1) is 5.25 Å². The standard InChI is InChI=1S/C13H18N2OS/c1-4-10(2)14-15-13(16)11(3)17-12-8-6-5-7-9-12/h5-9,11H,4H2,1-3H3,(H,15,16)/b14-10-/t11-/m1/s1. The van der Waals surface area contributed by atoms with E-state index in [2.05, 4.69) is 10.5 Å². The fourth-order valence-electron chi connectivity index (χ4n) is 1.08. The number of hydrogen-bond acceptors (Lipinski definition) is 3. The smallest absolute Gasteiger partial charge is 0.253 e. The summed E-state index contributed by atoms with van der Waals surface area (Å²) in [6, 6.07) is 9.88. The molecule has 0 radical (unpaired) electrons. The molecule has 0 aliphatic rings. The SMILES string of the molecule is CC/C(C)=N\NC(=O)[C@@H](C)Sc1ccccc1. The highest BCUT2D eigenvalue weighted by Crippen LogP contribution is 2.22. The molecule has 0 fully saturated rings. The quantitative estimate of drug-likeness (QED) is 0.496. The van der Waals surface area contributed by atoms with Crippen LogP contribution in [0, 0.1) is 0 Å². The van der Waals surface area contributed by atoms with Crippen LogP contribution < -0.4 is 5.43 Å². The van der Waals surface area contributed by atoms with Gasteiger partial charge in [0.15, 0.2) is 0 Å². The van der Waals surface area contributed by atoms with Crippen LogP contribution in [0.1, 0.15) is 27.2 Å². The number of rotatable bonds is 5. The van der Waals surface area contributed by atoms with E-state index in [4.69, 9.17) is 0 Å². The van der Waals surface area contributed by atoms with Gasteiger partial charge < -0.3 is 0 Å². The minimum atomic E-state index is -0.147. The minimum absolute atomic E-state index is 0.0633. The van der Waals surface area contributed by atoms with E-state index in [1.54, 1.807) is 0 Å². The highest BCUT2D eigenvalue weighted by atomic mass is 32.2. The highest BCUT2D eigenvalue weighted by molar-refractivity contribution is 8.00. The lowest BCUT2D eigenvalue weighted by Gasteiger charge is -2.09. The number of carbonyl (C=O) groups is 1. The lowest BCUT2D eigenvalue weighted by Crippen LogP contribution is -2.27. The van der Waals surface area contributed by atoms with Gasteiger partial charge >= 0.3 is 0 Å². The van der Waals surface area contributed by atoms with Gasteiger partial charge in [0.25, 0.3) is 5.91 Å². The van der Waals surface area contributed by atoms with Crippen LogP contribution in [0.3, 0.4) is 0 Å². The van der Waals surface area contributed by atoms with Gasteiger partial charge in [-0.25, -0.2) is 5.43 Å². The summed E-state index contributed by atoms with van der Waals surface area (Å²) in [5.74, 6) is -0.0633. The third-order valence-corrected chi connectivity index (χ3v) is 3.41. The van der Waals surface area contributed by atoms with Crippen LogP contribution in [0.15, 0.2) is 40.3 Å². The fourth-order valence-corrected chi connectivity index (χ4v) is 1.96. The molecule has 92 valence electrons. The zero-order valence-electron chi connectivity index (χ0n) is 10.4. The summed E-state index contributed by atoms with van der Waals surface area (Å²) >= 11 is 1.53. The summed E-state index contributed by atoms with van der Waals surface area (Å²) in [4.78, 5) is 12.8. The number of nitrogens with one attached hydrogen (secondary N) is 1. The highest BCUT2D eigenvalue weighted by Gasteiger charge is 2.13. The average molecular weight is 250 g/mol. The topological polar surface area (TPSA) is 41.5 Å². The maximum Gasteiger partial charge on any atom is 0.253 e. The third-order valence-electron chi connectivity index (χ3n) is 2.29. The second kappa shape index (κ2) is 7.12. The minimum Gasteiger partial charge on any atom is -0.272 e. The first kappa shape index (κ1) is 13.8. The molecular formula is C13H18N2OS. The van der Waals surface area contributed by atoms with Gasteiger partial charge in [0.1, 0.15) is 0 Å². The van der Waals surface area contributed by atoms with Gasteiger partial charge in [-0.05, 0) is 32.4 Å². The van der Waals surface area contributed by atoms with Crippen LogP contribution in [0.25, 0.3) is 0 Å². The summed E-state index contributed by atoms with van der Waals surface area (Å²) in [7, 11) is 0.